The molecule has 1 aromatic heterocycles. The third-order valence-electron chi connectivity index (χ3n) is 8.95. The van der Waals surface area contributed by atoms with E-state index in [2.05, 4.69) is 40.1 Å². The summed E-state index contributed by atoms with van der Waals surface area (Å²) in [4.78, 5) is 23.2. The number of fused-ring (bicyclic) bond motifs is 3. The van der Waals surface area contributed by atoms with Crippen LogP contribution in [0, 0.1) is 11.2 Å². The average Bonchev–Trinajstić information content (AvgIpc) is 3.57. The molecule has 3 heterocycles. The highest BCUT2D eigenvalue weighted by molar-refractivity contribution is 5.85. The van der Waals surface area contributed by atoms with Crippen LogP contribution in [-0.4, -0.2) is 29.2 Å². The van der Waals surface area contributed by atoms with Crippen molar-refractivity contribution in [2.24, 2.45) is 18.2 Å². The molecule has 1 saturated heterocycles. The number of anilines is 2. The number of para-hydroxylation sites is 1. The van der Waals surface area contributed by atoms with Crippen LogP contribution in [0.1, 0.15) is 46.8 Å². The van der Waals surface area contributed by atoms with Gasteiger partial charge in [-0.05, 0) is 66.0 Å². The van der Waals surface area contributed by atoms with E-state index in [1.165, 1.54) is 22.9 Å². The lowest BCUT2D eigenvalue weighted by Gasteiger charge is -2.42. The van der Waals surface area contributed by atoms with E-state index >= 15 is 0 Å². The summed E-state index contributed by atoms with van der Waals surface area (Å²) in [5, 5.41) is 0. The minimum atomic E-state index is -0.221. The van der Waals surface area contributed by atoms with Gasteiger partial charge in [-0.1, -0.05) is 30.3 Å². The van der Waals surface area contributed by atoms with Gasteiger partial charge in [0.15, 0.2) is 0 Å². The van der Waals surface area contributed by atoms with E-state index in [4.69, 9.17) is 10.7 Å². The zero-order chi connectivity index (χ0) is 24.6. The maximum atomic E-state index is 13.9. The van der Waals surface area contributed by atoms with Crippen LogP contribution in [0.15, 0.2) is 53.3 Å². The molecule has 1 atom stereocenters. The van der Waals surface area contributed by atoms with E-state index < -0.39 is 0 Å². The summed E-state index contributed by atoms with van der Waals surface area (Å²) < 4.78 is 15.6. The lowest BCUT2D eigenvalue weighted by Crippen LogP contribution is -2.46. The smallest absolute Gasteiger partial charge is 0.264 e. The molecule has 0 bridgehead atoms. The molecule has 6 nitrogen and oxygen atoms in total. The molecule has 7 heteroatoms. The lowest BCUT2D eigenvalue weighted by molar-refractivity contribution is 0.186. The molecular weight excluding hydrogens is 453 g/mol. The Morgan fingerprint density at radius 2 is 1.89 bits per heavy atom. The Labute approximate surface area is 209 Å². The predicted molar refractivity (Wildman–Crippen MR) is 140 cm³/mol. The molecular formula is C29H30FN5O. The first-order chi connectivity index (χ1) is 17.4. The van der Waals surface area contributed by atoms with Crippen LogP contribution in [-0.2, 0) is 26.3 Å². The molecule has 184 valence electrons. The van der Waals surface area contributed by atoms with Crippen LogP contribution in [0.25, 0.3) is 5.70 Å². The summed E-state index contributed by atoms with van der Waals surface area (Å²) in [6.45, 7) is 2.45. The first-order valence-electron chi connectivity index (χ1n) is 12.9. The average molecular weight is 484 g/mol. The molecule has 1 fully saturated rings. The normalized spacial score (nSPS) is 21.5. The Morgan fingerprint density at radius 3 is 2.72 bits per heavy atom. The van der Waals surface area contributed by atoms with Gasteiger partial charge in [0.1, 0.15) is 5.82 Å². The Morgan fingerprint density at radius 1 is 1.08 bits per heavy atom. The monoisotopic (exact) mass is 483 g/mol. The highest BCUT2D eigenvalue weighted by atomic mass is 19.1. The number of rotatable bonds is 2. The Kier molecular flexibility index (Phi) is 4.71. The molecule has 0 saturated carbocycles. The largest absolute Gasteiger partial charge is 0.342 e. The van der Waals surface area contributed by atoms with Gasteiger partial charge in [-0.25, -0.2) is 9.37 Å². The fraction of sp³-hybridized carbons (Fsp3) is 0.379. The molecule has 0 amide bonds. The van der Waals surface area contributed by atoms with Gasteiger partial charge in [0.05, 0.1) is 17.0 Å². The zero-order valence-corrected chi connectivity index (χ0v) is 20.5. The van der Waals surface area contributed by atoms with Gasteiger partial charge in [0.2, 0.25) is 5.95 Å². The molecule has 2 aliphatic heterocycles. The summed E-state index contributed by atoms with van der Waals surface area (Å²) >= 11 is 0. The SMILES string of the molecule is Cn1c(N2CCC3(CC2)Cc2ccc(F)cc2[C@H]3N)nc2c(c1=O)C(N1CCc3ccccc31)=CC2. The quantitative estimate of drug-likeness (QED) is 0.602. The molecule has 4 aliphatic rings. The van der Waals surface area contributed by atoms with Crippen LogP contribution in [0.3, 0.4) is 0 Å². The number of allylic oxidation sites excluding steroid dienone is 1. The standard InChI is InChI=1S/C29H30FN5O/c1-33-27(36)25-22(8-9-24(25)35-13-10-18-4-2-3-5-23(18)35)32-28(33)34-14-11-29(12-15-34)17-19-6-7-20(30)16-21(19)26(29)31/h2-7,9,16,26H,8,10-15,17,31H2,1H3/t26-/m1/s1. The van der Waals surface area contributed by atoms with Crippen molar-refractivity contribution < 1.29 is 4.39 Å². The number of piperidine rings is 1. The Balaban J connectivity index is 1.15. The fourth-order valence-electron chi connectivity index (χ4n) is 6.93. The van der Waals surface area contributed by atoms with E-state index in [-0.39, 0.29) is 22.8 Å². The van der Waals surface area contributed by atoms with Crippen molar-refractivity contribution in [1.82, 2.24) is 9.55 Å². The van der Waals surface area contributed by atoms with E-state index in [1.54, 1.807) is 10.6 Å². The molecule has 36 heavy (non-hydrogen) atoms. The number of hydrogen-bond donors (Lipinski definition) is 1. The molecule has 0 unspecified atom stereocenters. The Bertz CT molecular complexity index is 1480. The second-order valence-corrected chi connectivity index (χ2v) is 10.8. The summed E-state index contributed by atoms with van der Waals surface area (Å²) in [5.41, 5.74) is 13.9. The second-order valence-electron chi connectivity index (χ2n) is 10.8. The van der Waals surface area contributed by atoms with Gasteiger partial charge in [0, 0.05) is 44.8 Å². The number of nitrogens with zero attached hydrogens (tertiary/aromatic N) is 4. The van der Waals surface area contributed by atoms with Crippen molar-refractivity contribution in [2.45, 2.75) is 38.1 Å². The molecule has 2 N–H and O–H groups in total. The first-order valence-corrected chi connectivity index (χ1v) is 12.9. The van der Waals surface area contributed by atoms with E-state index in [9.17, 15) is 9.18 Å². The summed E-state index contributed by atoms with van der Waals surface area (Å²) in [5.74, 6) is 0.515. The third-order valence-corrected chi connectivity index (χ3v) is 8.95. The number of nitrogens with two attached hydrogens (primary N) is 1. The number of hydrogen-bond acceptors (Lipinski definition) is 5. The van der Waals surface area contributed by atoms with Crippen molar-refractivity contribution in [3.63, 3.8) is 0 Å². The lowest BCUT2D eigenvalue weighted by atomic mass is 9.73. The second kappa shape index (κ2) is 7.77. The molecule has 2 aromatic carbocycles. The Hall–Kier alpha value is -3.45. The summed E-state index contributed by atoms with van der Waals surface area (Å²) in [6.07, 6.45) is 6.50. The topological polar surface area (TPSA) is 67.4 Å². The van der Waals surface area contributed by atoms with E-state index in [0.717, 1.165) is 73.8 Å². The number of halogens is 1. The maximum Gasteiger partial charge on any atom is 0.264 e. The first kappa shape index (κ1) is 21.8. The van der Waals surface area contributed by atoms with E-state index in [1.807, 2.05) is 13.1 Å². The van der Waals surface area contributed by atoms with Crippen molar-refractivity contribution in [3.8, 4) is 0 Å². The van der Waals surface area contributed by atoms with Crippen LogP contribution >= 0.6 is 0 Å². The minimum absolute atomic E-state index is 0.0175. The molecule has 3 aromatic rings. The van der Waals surface area contributed by atoms with Crippen LogP contribution in [0.2, 0.25) is 0 Å². The van der Waals surface area contributed by atoms with Gasteiger partial charge < -0.3 is 15.5 Å². The summed E-state index contributed by atoms with van der Waals surface area (Å²) in [6, 6.07) is 13.3. The number of benzene rings is 2. The molecule has 7 rings (SSSR count). The maximum absolute atomic E-state index is 13.9. The summed E-state index contributed by atoms with van der Waals surface area (Å²) in [7, 11) is 1.84. The minimum Gasteiger partial charge on any atom is -0.342 e. The van der Waals surface area contributed by atoms with Crippen molar-refractivity contribution in [2.75, 3.05) is 29.4 Å². The highest BCUT2D eigenvalue weighted by Gasteiger charge is 2.46. The van der Waals surface area contributed by atoms with Crippen molar-refractivity contribution in [1.29, 1.82) is 0 Å². The highest BCUT2D eigenvalue weighted by Crippen LogP contribution is 2.51. The van der Waals surface area contributed by atoms with Gasteiger partial charge >= 0.3 is 0 Å². The predicted octanol–water partition coefficient (Wildman–Crippen LogP) is 3.72. The molecule has 1 spiro atoms. The van der Waals surface area contributed by atoms with Crippen LogP contribution < -0.4 is 21.1 Å². The zero-order valence-electron chi connectivity index (χ0n) is 20.5. The van der Waals surface area contributed by atoms with Crippen molar-refractivity contribution in [3.05, 3.63) is 92.7 Å². The fourth-order valence-corrected chi connectivity index (χ4v) is 6.93. The van der Waals surface area contributed by atoms with Gasteiger partial charge in [-0.2, -0.15) is 0 Å². The van der Waals surface area contributed by atoms with Gasteiger partial charge in [0.25, 0.3) is 5.56 Å². The van der Waals surface area contributed by atoms with Crippen LogP contribution in [0.5, 0.6) is 0 Å². The van der Waals surface area contributed by atoms with Gasteiger partial charge in [-0.3, -0.25) is 9.36 Å². The van der Waals surface area contributed by atoms with E-state index in [0.29, 0.717) is 6.42 Å². The van der Waals surface area contributed by atoms with Crippen LogP contribution in [0.4, 0.5) is 16.0 Å². The third kappa shape index (κ3) is 3.05. The van der Waals surface area contributed by atoms with Crippen molar-refractivity contribution >= 4 is 17.3 Å². The number of aromatic nitrogens is 2. The molecule has 0 radical (unpaired) electrons. The molecule has 2 aliphatic carbocycles. The van der Waals surface area contributed by atoms with Gasteiger partial charge in [-0.15, -0.1) is 0 Å².